The lowest BCUT2D eigenvalue weighted by atomic mass is 10.1. The molecular formula is C15H20N2O2. The van der Waals surface area contributed by atoms with Gasteiger partial charge < -0.3 is 9.64 Å². The fourth-order valence-corrected chi connectivity index (χ4v) is 1.78. The molecule has 4 heteroatoms. The van der Waals surface area contributed by atoms with Crippen molar-refractivity contribution in [1.29, 1.82) is 5.26 Å². The summed E-state index contributed by atoms with van der Waals surface area (Å²) < 4.78 is 5.53. The number of hydrogen-bond donors (Lipinski definition) is 0. The van der Waals surface area contributed by atoms with E-state index in [1.807, 2.05) is 37.3 Å². The molecule has 0 aliphatic carbocycles. The quantitative estimate of drug-likeness (QED) is 0.756. The predicted molar refractivity (Wildman–Crippen MR) is 73.8 cm³/mol. The van der Waals surface area contributed by atoms with Crippen molar-refractivity contribution in [3.8, 4) is 11.8 Å². The maximum Gasteiger partial charge on any atom is 0.222 e. The molecule has 1 rings (SSSR count). The van der Waals surface area contributed by atoms with E-state index in [0.29, 0.717) is 32.4 Å². The molecule has 1 aromatic rings. The van der Waals surface area contributed by atoms with E-state index in [-0.39, 0.29) is 5.91 Å². The molecule has 0 atom stereocenters. The minimum atomic E-state index is 0.0570. The number of hydrogen-bond acceptors (Lipinski definition) is 3. The highest BCUT2D eigenvalue weighted by atomic mass is 16.5. The standard InChI is InChI=1S/C15H20N2O2/c1-3-19-14-8-5-4-7-13(14)9-10-15(18)17(2)12-6-11-16/h4-5,7-8H,3,6,9-10,12H2,1-2H3. The van der Waals surface area contributed by atoms with E-state index in [2.05, 4.69) is 0 Å². The summed E-state index contributed by atoms with van der Waals surface area (Å²) in [5.74, 6) is 0.902. The molecule has 0 aliphatic rings. The summed E-state index contributed by atoms with van der Waals surface area (Å²) in [6.07, 6.45) is 1.47. The lowest BCUT2D eigenvalue weighted by Crippen LogP contribution is -2.27. The molecule has 0 aromatic heterocycles. The Morgan fingerprint density at radius 2 is 2.16 bits per heavy atom. The van der Waals surface area contributed by atoms with Gasteiger partial charge >= 0.3 is 0 Å². The van der Waals surface area contributed by atoms with Crippen LogP contribution >= 0.6 is 0 Å². The first kappa shape index (κ1) is 15.0. The Labute approximate surface area is 114 Å². The Morgan fingerprint density at radius 3 is 2.84 bits per heavy atom. The van der Waals surface area contributed by atoms with Gasteiger partial charge in [0.15, 0.2) is 0 Å². The van der Waals surface area contributed by atoms with E-state index in [0.717, 1.165) is 11.3 Å². The first-order chi connectivity index (χ1) is 9.19. The highest BCUT2D eigenvalue weighted by molar-refractivity contribution is 5.76. The Hall–Kier alpha value is -2.02. The number of rotatable bonds is 7. The van der Waals surface area contributed by atoms with E-state index < -0.39 is 0 Å². The van der Waals surface area contributed by atoms with Gasteiger partial charge in [0, 0.05) is 20.0 Å². The van der Waals surface area contributed by atoms with Gasteiger partial charge in [0.2, 0.25) is 5.91 Å². The second kappa shape index (κ2) is 8.15. The minimum Gasteiger partial charge on any atom is -0.494 e. The molecule has 0 radical (unpaired) electrons. The molecule has 0 aliphatic heterocycles. The second-order valence-electron chi connectivity index (χ2n) is 4.26. The summed E-state index contributed by atoms with van der Waals surface area (Å²) in [5, 5.41) is 8.50. The Bertz CT molecular complexity index is 452. The lowest BCUT2D eigenvalue weighted by molar-refractivity contribution is -0.129. The molecule has 1 aromatic carbocycles. The molecule has 0 unspecified atom stereocenters. The highest BCUT2D eigenvalue weighted by Gasteiger charge is 2.10. The third-order valence-corrected chi connectivity index (χ3v) is 2.87. The maximum absolute atomic E-state index is 11.9. The van der Waals surface area contributed by atoms with Gasteiger partial charge in [-0.25, -0.2) is 0 Å². The van der Waals surface area contributed by atoms with Gasteiger partial charge in [-0.3, -0.25) is 4.79 Å². The van der Waals surface area contributed by atoms with Crippen LogP contribution in [0.2, 0.25) is 0 Å². The Kier molecular flexibility index (Phi) is 6.45. The first-order valence-electron chi connectivity index (χ1n) is 6.50. The summed E-state index contributed by atoms with van der Waals surface area (Å²) in [5.41, 5.74) is 1.05. The topological polar surface area (TPSA) is 53.3 Å². The molecule has 0 N–H and O–H groups in total. The summed E-state index contributed by atoms with van der Waals surface area (Å²) in [7, 11) is 1.73. The number of ether oxygens (including phenoxy) is 1. The first-order valence-corrected chi connectivity index (χ1v) is 6.50. The van der Waals surface area contributed by atoms with Crippen molar-refractivity contribution >= 4 is 5.91 Å². The predicted octanol–water partition coefficient (Wildman–Crippen LogP) is 2.39. The molecule has 0 bridgehead atoms. The second-order valence-corrected chi connectivity index (χ2v) is 4.26. The lowest BCUT2D eigenvalue weighted by Gasteiger charge is -2.16. The summed E-state index contributed by atoms with van der Waals surface area (Å²) in [4.78, 5) is 13.5. The summed E-state index contributed by atoms with van der Waals surface area (Å²) >= 11 is 0. The number of amides is 1. The third-order valence-electron chi connectivity index (χ3n) is 2.87. The van der Waals surface area contributed by atoms with E-state index >= 15 is 0 Å². The van der Waals surface area contributed by atoms with Gasteiger partial charge in [-0.05, 0) is 25.0 Å². The highest BCUT2D eigenvalue weighted by Crippen LogP contribution is 2.19. The van der Waals surface area contributed by atoms with Gasteiger partial charge in [-0.1, -0.05) is 18.2 Å². The van der Waals surface area contributed by atoms with Crippen LogP contribution in [-0.4, -0.2) is 31.0 Å². The molecule has 0 saturated carbocycles. The van der Waals surface area contributed by atoms with Gasteiger partial charge in [-0.2, -0.15) is 5.26 Å². The average molecular weight is 260 g/mol. The van der Waals surface area contributed by atoms with Crippen molar-refractivity contribution in [2.45, 2.75) is 26.2 Å². The van der Waals surface area contributed by atoms with E-state index in [9.17, 15) is 4.79 Å². The zero-order valence-electron chi connectivity index (χ0n) is 11.6. The van der Waals surface area contributed by atoms with Crippen LogP contribution in [0.5, 0.6) is 5.75 Å². The number of carbonyl (C=O) groups is 1. The van der Waals surface area contributed by atoms with E-state index in [1.54, 1.807) is 11.9 Å². The Morgan fingerprint density at radius 1 is 1.42 bits per heavy atom. The van der Waals surface area contributed by atoms with Crippen molar-refractivity contribution in [3.05, 3.63) is 29.8 Å². The van der Waals surface area contributed by atoms with Gasteiger partial charge in [-0.15, -0.1) is 0 Å². The third kappa shape index (κ3) is 5.01. The molecular weight excluding hydrogens is 240 g/mol. The van der Waals surface area contributed by atoms with Gasteiger partial charge in [0.25, 0.3) is 0 Å². The van der Waals surface area contributed by atoms with Crippen LogP contribution in [0.3, 0.4) is 0 Å². The van der Waals surface area contributed by atoms with Crippen molar-refractivity contribution in [1.82, 2.24) is 4.90 Å². The van der Waals surface area contributed by atoms with Crippen LogP contribution in [0.1, 0.15) is 25.3 Å². The zero-order valence-corrected chi connectivity index (χ0v) is 11.6. The molecule has 19 heavy (non-hydrogen) atoms. The van der Waals surface area contributed by atoms with Crippen molar-refractivity contribution < 1.29 is 9.53 Å². The van der Waals surface area contributed by atoms with E-state index in [1.165, 1.54) is 0 Å². The fraction of sp³-hybridized carbons (Fsp3) is 0.467. The van der Waals surface area contributed by atoms with Crippen molar-refractivity contribution in [2.75, 3.05) is 20.2 Å². The molecule has 102 valence electrons. The largest absolute Gasteiger partial charge is 0.494 e. The van der Waals surface area contributed by atoms with Crippen LogP contribution in [-0.2, 0) is 11.2 Å². The maximum atomic E-state index is 11.9. The Balaban J connectivity index is 2.52. The molecule has 0 heterocycles. The van der Waals surface area contributed by atoms with Crippen LogP contribution in [0, 0.1) is 11.3 Å². The number of aryl methyl sites for hydroxylation is 1. The minimum absolute atomic E-state index is 0.0570. The zero-order chi connectivity index (χ0) is 14.1. The number of nitriles is 1. The number of benzene rings is 1. The van der Waals surface area contributed by atoms with Crippen LogP contribution in [0.4, 0.5) is 0 Å². The molecule has 1 amide bonds. The van der Waals surface area contributed by atoms with Crippen LogP contribution in [0.25, 0.3) is 0 Å². The van der Waals surface area contributed by atoms with Crippen molar-refractivity contribution in [3.63, 3.8) is 0 Å². The summed E-state index contributed by atoms with van der Waals surface area (Å²) in [6.45, 7) is 3.05. The average Bonchev–Trinajstić information content (AvgIpc) is 2.43. The van der Waals surface area contributed by atoms with Crippen molar-refractivity contribution in [2.24, 2.45) is 0 Å². The van der Waals surface area contributed by atoms with Gasteiger partial charge in [0.1, 0.15) is 5.75 Å². The smallest absolute Gasteiger partial charge is 0.222 e. The number of nitrogens with zero attached hydrogens (tertiary/aromatic N) is 2. The van der Waals surface area contributed by atoms with E-state index in [4.69, 9.17) is 10.00 Å². The van der Waals surface area contributed by atoms with Gasteiger partial charge in [0.05, 0.1) is 19.1 Å². The molecule has 0 spiro atoms. The number of carbonyl (C=O) groups excluding carboxylic acids is 1. The SMILES string of the molecule is CCOc1ccccc1CCC(=O)N(C)CCC#N. The molecule has 0 saturated heterocycles. The molecule has 4 nitrogen and oxygen atoms in total. The fourth-order valence-electron chi connectivity index (χ4n) is 1.78. The van der Waals surface area contributed by atoms with Crippen LogP contribution < -0.4 is 4.74 Å². The monoisotopic (exact) mass is 260 g/mol. The summed E-state index contributed by atoms with van der Waals surface area (Å²) in [6, 6.07) is 9.81. The molecule has 0 fully saturated rings. The number of para-hydroxylation sites is 1. The normalized spacial score (nSPS) is 9.74. The van der Waals surface area contributed by atoms with Crippen LogP contribution in [0.15, 0.2) is 24.3 Å².